The van der Waals surface area contributed by atoms with E-state index in [4.69, 9.17) is 11.6 Å². The van der Waals surface area contributed by atoms with Crippen molar-refractivity contribution < 1.29 is 31.5 Å². The summed E-state index contributed by atoms with van der Waals surface area (Å²) in [5.41, 5.74) is -0.190. The summed E-state index contributed by atoms with van der Waals surface area (Å²) in [6.07, 6.45) is -4.73. The Kier molecular flexibility index (Phi) is 6.27. The van der Waals surface area contributed by atoms with Gasteiger partial charge in [-0.3, -0.25) is 9.48 Å². The maximum atomic E-state index is 12.9. The van der Waals surface area contributed by atoms with Crippen LogP contribution in [0.1, 0.15) is 11.4 Å². The third kappa shape index (κ3) is 5.05. The molecule has 0 radical (unpaired) electrons. The predicted octanol–water partition coefficient (Wildman–Crippen LogP) is 5.23. The molecule has 0 bridgehead atoms. The number of aromatic nitrogens is 3. The molecule has 6 nitrogen and oxygen atoms in total. The first-order chi connectivity index (χ1) is 14.0. The van der Waals surface area contributed by atoms with Gasteiger partial charge >= 0.3 is 12.8 Å². The van der Waals surface area contributed by atoms with E-state index < -0.39 is 36.0 Å². The minimum atomic E-state index is -4.73. The van der Waals surface area contributed by atoms with Crippen molar-refractivity contribution >= 4 is 34.0 Å². The zero-order valence-electron chi connectivity index (χ0n) is 15.0. The van der Waals surface area contributed by atoms with E-state index in [1.165, 1.54) is 31.2 Å². The zero-order chi connectivity index (χ0) is 22.1. The number of hydrogen-bond acceptors (Lipinski definition) is 5. The van der Waals surface area contributed by atoms with Crippen molar-refractivity contribution in [3.63, 3.8) is 0 Å². The summed E-state index contributed by atoms with van der Waals surface area (Å²) in [6.45, 7) is -2.10. The molecule has 2 heterocycles. The smallest absolute Gasteiger partial charge is 0.435 e. The van der Waals surface area contributed by atoms with Crippen LogP contribution in [0.5, 0.6) is 5.75 Å². The van der Waals surface area contributed by atoms with Gasteiger partial charge in [0.15, 0.2) is 10.8 Å². The van der Waals surface area contributed by atoms with Gasteiger partial charge in [-0.1, -0.05) is 11.6 Å². The second-order valence-corrected chi connectivity index (χ2v) is 7.13. The van der Waals surface area contributed by atoms with Crippen LogP contribution < -0.4 is 10.1 Å². The summed E-state index contributed by atoms with van der Waals surface area (Å²) < 4.78 is 68.1. The van der Waals surface area contributed by atoms with Crippen molar-refractivity contribution in [3.05, 3.63) is 46.1 Å². The molecular formula is C17H12ClF5N4O2S. The summed E-state index contributed by atoms with van der Waals surface area (Å²) in [4.78, 5) is 16.4. The van der Waals surface area contributed by atoms with E-state index in [1.807, 2.05) is 0 Å². The summed E-state index contributed by atoms with van der Waals surface area (Å²) in [7, 11) is 0. The molecule has 0 unspecified atom stereocenters. The lowest BCUT2D eigenvalue weighted by Gasteiger charge is -2.05. The fourth-order valence-corrected chi connectivity index (χ4v) is 3.40. The van der Waals surface area contributed by atoms with Crippen molar-refractivity contribution in [1.29, 1.82) is 0 Å². The number of hydrogen-bond donors (Lipinski definition) is 1. The molecule has 2 aromatic heterocycles. The van der Waals surface area contributed by atoms with Crippen molar-refractivity contribution in [1.82, 2.24) is 14.8 Å². The first kappa shape index (κ1) is 22.0. The Morgan fingerprint density at radius 3 is 2.53 bits per heavy atom. The summed E-state index contributed by atoms with van der Waals surface area (Å²) in [5, 5.41) is 7.09. The molecule has 13 heteroatoms. The average Bonchev–Trinajstić information content (AvgIpc) is 3.21. The van der Waals surface area contributed by atoms with Crippen molar-refractivity contribution in [3.8, 4) is 17.0 Å². The van der Waals surface area contributed by atoms with Crippen molar-refractivity contribution in [2.75, 3.05) is 5.32 Å². The van der Waals surface area contributed by atoms with E-state index >= 15 is 0 Å². The van der Waals surface area contributed by atoms with Gasteiger partial charge in [-0.2, -0.15) is 27.1 Å². The number of ether oxygens (including phenoxy) is 1. The minimum absolute atomic E-state index is 0.00470. The van der Waals surface area contributed by atoms with Crippen molar-refractivity contribution in [2.45, 2.75) is 26.3 Å². The SMILES string of the molecule is Cc1c(Cl)c(C(F)(F)F)nn1CC(=O)Nc1nc(-c2ccc(OC(F)F)cc2)cs1. The second kappa shape index (κ2) is 8.56. The largest absolute Gasteiger partial charge is 0.436 e. The van der Waals surface area contributed by atoms with Gasteiger partial charge in [0.05, 0.1) is 16.4 Å². The van der Waals surface area contributed by atoms with Gasteiger partial charge in [0.2, 0.25) is 5.91 Å². The molecule has 0 aliphatic carbocycles. The lowest BCUT2D eigenvalue weighted by molar-refractivity contribution is -0.141. The molecule has 0 spiro atoms. The monoisotopic (exact) mass is 466 g/mol. The fraction of sp³-hybridized carbons (Fsp3) is 0.235. The number of amides is 1. The normalized spacial score (nSPS) is 11.7. The maximum Gasteiger partial charge on any atom is 0.436 e. The number of benzene rings is 1. The van der Waals surface area contributed by atoms with Crippen molar-refractivity contribution in [2.24, 2.45) is 0 Å². The van der Waals surface area contributed by atoms with Crippen LogP contribution in [0.25, 0.3) is 11.3 Å². The number of carbonyl (C=O) groups is 1. The summed E-state index contributed by atoms with van der Waals surface area (Å²) >= 11 is 6.74. The van der Waals surface area contributed by atoms with Gasteiger partial charge < -0.3 is 10.1 Å². The number of nitrogens with zero attached hydrogens (tertiary/aromatic N) is 3. The van der Waals surface area contributed by atoms with Crippen LogP contribution in [0.4, 0.5) is 27.1 Å². The quantitative estimate of drug-likeness (QED) is 0.505. The highest BCUT2D eigenvalue weighted by Crippen LogP contribution is 2.35. The number of alkyl halides is 5. The van der Waals surface area contributed by atoms with Gasteiger partial charge in [0.25, 0.3) is 0 Å². The third-order valence-corrected chi connectivity index (χ3v) is 5.03. The molecule has 0 fully saturated rings. The Labute approximate surface area is 175 Å². The molecule has 3 rings (SSSR count). The van der Waals surface area contributed by atoms with Crippen LogP contribution in [0, 0.1) is 6.92 Å². The zero-order valence-corrected chi connectivity index (χ0v) is 16.6. The van der Waals surface area contributed by atoms with E-state index in [0.717, 1.165) is 16.0 Å². The average molecular weight is 467 g/mol. The Balaban J connectivity index is 1.67. The van der Waals surface area contributed by atoms with Gasteiger partial charge in [-0.15, -0.1) is 11.3 Å². The Morgan fingerprint density at radius 2 is 1.97 bits per heavy atom. The molecular weight excluding hydrogens is 455 g/mol. The van der Waals surface area contributed by atoms with Crippen LogP contribution in [0.3, 0.4) is 0 Å². The van der Waals surface area contributed by atoms with Gasteiger partial charge in [0.1, 0.15) is 12.3 Å². The molecule has 160 valence electrons. The van der Waals surface area contributed by atoms with Gasteiger partial charge in [-0.05, 0) is 31.2 Å². The number of thiazole rings is 1. The van der Waals surface area contributed by atoms with E-state index in [-0.39, 0.29) is 16.6 Å². The molecule has 0 aliphatic heterocycles. The Bertz CT molecular complexity index is 1050. The fourth-order valence-electron chi connectivity index (χ4n) is 2.43. The van der Waals surface area contributed by atoms with Gasteiger partial charge in [0, 0.05) is 10.9 Å². The lowest BCUT2D eigenvalue weighted by Crippen LogP contribution is -2.20. The van der Waals surface area contributed by atoms with E-state index in [9.17, 15) is 26.7 Å². The molecule has 30 heavy (non-hydrogen) atoms. The highest BCUT2D eigenvalue weighted by atomic mass is 35.5. The molecule has 3 aromatic rings. The predicted molar refractivity (Wildman–Crippen MR) is 99.8 cm³/mol. The van der Waals surface area contributed by atoms with Gasteiger partial charge in [-0.25, -0.2) is 4.98 Å². The molecule has 1 aromatic carbocycles. The third-order valence-electron chi connectivity index (χ3n) is 3.82. The molecule has 0 saturated carbocycles. The molecule has 0 aliphatic rings. The molecule has 0 saturated heterocycles. The summed E-state index contributed by atoms with van der Waals surface area (Å²) in [5.74, 6) is -0.656. The molecule has 1 N–H and O–H groups in total. The topological polar surface area (TPSA) is 69.0 Å². The number of anilines is 1. The number of rotatable bonds is 6. The van der Waals surface area contributed by atoms with Crippen LogP contribution in [-0.4, -0.2) is 27.3 Å². The minimum Gasteiger partial charge on any atom is -0.435 e. The van der Waals surface area contributed by atoms with E-state index in [0.29, 0.717) is 11.3 Å². The van der Waals surface area contributed by atoms with E-state index in [1.54, 1.807) is 5.38 Å². The Hall–Kier alpha value is -2.73. The summed E-state index contributed by atoms with van der Waals surface area (Å²) in [6, 6.07) is 5.74. The lowest BCUT2D eigenvalue weighted by atomic mass is 10.2. The number of halogens is 6. The molecule has 1 amide bonds. The van der Waals surface area contributed by atoms with Crippen LogP contribution >= 0.6 is 22.9 Å². The highest BCUT2D eigenvalue weighted by molar-refractivity contribution is 7.14. The number of nitrogens with one attached hydrogen (secondary N) is 1. The van der Waals surface area contributed by atoms with Crippen LogP contribution in [0.15, 0.2) is 29.6 Å². The number of carbonyl (C=O) groups excluding carboxylic acids is 1. The second-order valence-electron chi connectivity index (χ2n) is 5.89. The molecule has 0 atom stereocenters. The van der Waals surface area contributed by atoms with Crippen LogP contribution in [-0.2, 0) is 17.5 Å². The first-order valence-electron chi connectivity index (χ1n) is 8.15. The maximum absolute atomic E-state index is 12.9. The highest BCUT2D eigenvalue weighted by Gasteiger charge is 2.38. The standard InChI is InChI=1S/C17H12ClF5N4O2S/c1-8-13(18)14(17(21,22)23)26-27(8)6-12(28)25-16-24-11(7-30-16)9-2-4-10(5-3-9)29-15(19)20/h2-5,7,15H,6H2,1H3,(H,24,25,28). The van der Waals surface area contributed by atoms with Crippen LogP contribution in [0.2, 0.25) is 5.02 Å². The Morgan fingerprint density at radius 1 is 1.30 bits per heavy atom. The van der Waals surface area contributed by atoms with E-state index in [2.05, 4.69) is 20.1 Å². The first-order valence-corrected chi connectivity index (χ1v) is 9.41.